The maximum Gasteiger partial charge on any atom is 0.384 e. The van der Waals surface area contributed by atoms with Gasteiger partial charge in [0.25, 0.3) is 0 Å². The molecule has 0 saturated carbocycles. The number of ether oxygens (including phenoxy) is 1. The van der Waals surface area contributed by atoms with Crippen LogP contribution in [0.1, 0.15) is 26.7 Å². The topological polar surface area (TPSA) is 26.3 Å². The second-order valence-electron chi connectivity index (χ2n) is 2.27. The summed E-state index contributed by atoms with van der Waals surface area (Å²) in [5.41, 5.74) is 0. The molecule has 0 aromatic rings. The van der Waals surface area contributed by atoms with Crippen LogP contribution in [-0.2, 0) is 9.53 Å². The van der Waals surface area contributed by atoms with Crippen molar-refractivity contribution < 1.29 is 9.53 Å². The molecule has 0 fully saturated rings. The van der Waals surface area contributed by atoms with E-state index in [-0.39, 0.29) is 0 Å². The molecule has 0 aliphatic carbocycles. The summed E-state index contributed by atoms with van der Waals surface area (Å²) in [5, 5.41) is 0. The monoisotopic (exact) mass is 154 g/mol. The summed E-state index contributed by atoms with van der Waals surface area (Å²) >= 11 is 0. The number of hydrogen-bond acceptors (Lipinski definition) is 2. The van der Waals surface area contributed by atoms with Gasteiger partial charge in [0.2, 0.25) is 0 Å². The van der Waals surface area contributed by atoms with E-state index in [0.717, 1.165) is 12.8 Å². The van der Waals surface area contributed by atoms with Crippen LogP contribution in [0.2, 0.25) is 0 Å². The highest BCUT2D eigenvalue weighted by Gasteiger charge is 1.97. The minimum absolute atomic E-state index is 0.328. The average molecular weight is 154 g/mol. The summed E-state index contributed by atoms with van der Waals surface area (Å²) < 4.78 is 4.38. The molecular formula is C9H14O2. The standard InChI is InChI=1S/C9H14O2/c1-4-8(5-2)6-7-9(10)11-3/h8H,4-5H2,1-3H3. The summed E-state index contributed by atoms with van der Waals surface area (Å²) in [6.45, 7) is 4.11. The van der Waals surface area contributed by atoms with Gasteiger partial charge in [0.15, 0.2) is 0 Å². The van der Waals surface area contributed by atoms with E-state index in [1.807, 2.05) is 0 Å². The Hall–Kier alpha value is -0.970. The van der Waals surface area contributed by atoms with E-state index in [1.165, 1.54) is 7.11 Å². The predicted molar refractivity (Wildman–Crippen MR) is 43.9 cm³/mol. The molecule has 0 bridgehead atoms. The van der Waals surface area contributed by atoms with Crippen LogP contribution in [-0.4, -0.2) is 13.1 Å². The van der Waals surface area contributed by atoms with Gasteiger partial charge in [-0.3, -0.25) is 0 Å². The van der Waals surface area contributed by atoms with Gasteiger partial charge in [0, 0.05) is 11.8 Å². The van der Waals surface area contributed by atoms with Crippen molar-refractivity contribution in [3.8, 4) is 11.8 Å². The third-order valence-corrected chi connectivity index (χ3v) is 1.55. The first-order chi connectivity index (χ1) is 5.24. The predicted octanol–water partition coefficient (Wildman–Crippen LogP) is 1.60. The van der Waals surface area contributed by atoms with Crippen molar-refractivity contribution >= 4 is 5.97 Å². The Morgan fingerprint density at radius 3 is 2.36 bits per heavy atom. The van der Waals surface area contributed by atoms with Crippen LogP contribution in [0.5, 0.6) is 0 Å². The molecule has 0 amide bonds. The quantitative estimate of drug-likeness (QED) is 0.343. The number of hydrogen-bond donors (Lipinski definition) is 0. The Bertz CT molecular complexity index is 170. The lowest BCUT2D eigenvalue weighted by atomic mass is 10.1. The van der Waals surface area contributed by atoms with Gasteiger partial charge in [0.05, 0.1) is 7.11 Å². The zero-order chi connectivity index (χ0) is 8.69. The molecule has 0 rings (SSSR count). The highest BCUT2D eigenvalue weighted by molar-refractivity contribution is 5.88. The molecule has 0 N–H and O–H groups in total. The molecule has 0 heterocycles. The summed E-state index contributed by atoms with van der Waals surface area (Å²) in [5.74, 6) is 5.15. The van der Waals surface area contributed by atoms with E-state index < -0.39 is 5.97 Å². The molecule has 11 heavy (non-hydrogen) atoms. The van der Waals surface area contributed by atoms with Crippen molar-refractivity contribution in [2.24, 2.45) is 5.92 Å². The molecular weight excluding hydrogens is 140 g/mol. The van der Waals surface area contributed by atoms with Crippen LogP contribution in [0.15, 0.2) is 0 Å². The smallest absolute Gasteiger partial charge is 0.384 e. The number of carbonyl (C=O) groups excluding carboxylic acids is 1. The molecule has 0 spiro atoms. The average Bonchev–Trinajstić information content (AvgIpc) is 2.06. The molecule has 0 radical (unpaired) electrons. The molecule has 0 atom stereocenters. The van der Waals surface area contributed by atoms with Crippen molar-refractivity contribution in [2.45, 2.75) is 26.7 Å². The fraction of sp³-hybridized carbons (Fsp3) is 0.667. The lowest BCUT2D eigenvalue weighted by Gasteiger charge is -1.99. The first-order valence-electron chi connectivity index (χ1n) is 3.84. The Morgan fingerprint density at radius 1 is 1.45 bits per heavy atom. The molecule has 0 saturated heterocycles. The zero-order valence-corrected chi connectivity index (χ0v) is 7.31. The van der Waals surface area contributed by atoms with Crippen molar-refractivity contribution in [1.82, 2.24) is 0 Å². The Kier molecular flexibility index (Phi) is 5.28. The molecule has 0 aromatic heterocycles. The number of esters is 1. The van der Waals surface area contributed by atoms with Crippen molar-refractivity contribution in [1.29, 1.82) is 0 Å². The molecule has 2 nitrogen and oxygen atoms in total. The first kappa shape index (κ1) is 10.0. The van der Waals surface area contributed by atoms with Crippen LogP contribution in [0, 0.1) is 17.8 Å². The lowest BCUT2D eigenvalue weighted by Crippen LogP contribution is -1.97. The molecule has 62 valence electrons. The van der Waals surface area contributed by atoms with E-state index >= 15 is 0 Å². The van der Waals surface area contributed by atoms with Crippen LogP contribution < -0.4 is 0 Å². The van der Waals surface area contributed by atoms with Crippen LogP contribution in [0.3, 0.4) is 0 Å². The normalized spacial score (nSPS) is 8.73. The zero-order valence-electron chi connectivity index (χ0n) is 7.31. The first-order valence-corrected chi connectivity index (χ1v) is 3.84. The molecule has 2 heteroatoms. The van der Waals surface area contributed by atoms with Crippen LogP contribution in [0.25, 0.3) is 0 Å². The van der Waals surface area contributed by atoms with Gasteiger partial charge >= 0.3 is 5.97 Å². The molecule has 0 aliphatic heterocycles. The SMILES string of the molecule is CCC(C#CC(=O)OC)CC. The fourth-order valence-corrected chi connectivity index (χ4v) is 0.705. The third kappa shape index (κ3) is 4.44. The highest BCUT2D eigenvalue weighted by Crippen LogP contribution is 2.04. The van der Waals surface area contributed by atoms with Gasteiger partial charge in [-0.05, 0) is 12.8 Å². The molecule has 0 aromatic carbocycles. The Balaban J connectivity index is 3.92. The third-order valence-electron chi connectivity index (χ3n) is 1.55. The van der Waals surface area contributed by atoms with Gasteiger partial charge in [-0.25, -0.2) is 4.79 Å². The van der Waals surface area contributed by atoms with E-state index in [4.69, 9.17) is 0 Å². The number of rotatable bonds is 2. The van der Waals surface area contributed by atoms with Gasteiger partial charge in [-0.2, -0.15) is 0 Å². The van der Waals surface area contributed by atoms with Gasteiger partial charge in [0.1, 0.15) is 0 Å². The minimum atomic E-state index is -0.447. The van der Waals surface area contributed by atoms with E-state index in [2.05, 4.69) is 30.4 Å². The largest absolute Gasteiger partial charge is 0.459 e. The summed E-state index contributed by atoms with van der Waals surface area (Å²) in [6, 6.07) is 0. The van der Waals surface area contributed by atoms with Gasteiger partial charge in [-0.15, -0.1) is 0 Å². The van der Waals surface area contributed by atoms with E-state index in [9.17, 15) is 4.79 Å². The van der Waals surface area contributed by atoms with E-state index in [0.29, 0.717) is 5.92 Å². The summed E-state index contributed by atoms with van der Waals surface area (Å²) in [7, 11) is 1.34. The fourth-order valence-electron chi connectivity index (χ4n) is 0.705. The minimum Gasteiger partial charge on any atom is -0.459 e. The van der Waals surface area contributed by atoms with Crippen molar-refractivity contribution in [2.75, 3.05) is 7.11 Å². The second-order valence-corrected chi connectivity index (χ2v) is 2.27. The Morgan fingerprint density at radius 2 is 2.00 bits per heavy atom. The number of carbonyl (C=O) groups is 1. The van der Waals surface area contributed by atoms with E-state index in [1.54, 1.807) is 0 Å². The summed E-state index contributed by atoms with van der Waals surface area (Å²) in [6.07, 6.45) is 1.97. The second kappa shape index (κ2) is 5.79. The van der Waals surface area contributed by atoms with Crippen molar-refractivity contribution in [3.05, 3.63) is 0 Å². The highest BCUT2D eigenvalue weighted by atomic mass is 16.5. The maximum atomic E-state index is 10.6. The van der Waals surface area contributed by atoms with Gasteiger partial charge in [-0.1, -0.05) is 19.8 Å². The van der Waals surface area contributed by atoms with Crippen LogP contribution in [0.4, 0.5) is 0 Å². The molecule has 0 unspecified atom stereocenters. The van der Waals surface area contributed by atoms with Crippen LogP contribution >= 0.6 is 0 Å². The van der Waals surface area contributed by atoms with Crippen molar-refractivity contribution in [3.63, 3.8) is 0 Å². The molecule has 0 aliphatic rings. The maximum absolute atomic E-state index is 10.6. The number of methoxy groups -OCH3 is 1. The van der Waals surface area contributed by atoms with Gasteiger partial charge < -0.3 is 4.74 Å². The Labute approximate surface area is 67.9 Å². The lowest BCUT2D eigenvalue weighted by molar-refractivity contribution is -0.133. The summed E-state index contributed by atoms with van der Waals surface area (Å²) in [4.78, 5) is 10.6.